The van der Waals surface area contributed by atoms with Crippen LogP contribution in [0.4, 0.5) is 5.69 Å². The van der Waals surface area contributed by atoms with Crippen LogP contribution in [0.2, 0.25) is 5.28 Å². The summed E-state index contributed by atoms with van der Waals surface area (Å²) >= 11 is 5.65. The second-order valence-electron chi connectivity index (χ2n) is 2.70. The van der Waals surface area contributed by atoms with Gasteiger partial charge in [0.05, 0.1) is 5.69 Å². The number of nitrogens with zero attached hydrogens (tertiary/aromatic N) is 1. The molecule has 2 rings (SSSR count). The number of H-pyrrole nitrogens is 1. The van der Waals surface area contributed by atoms with Gasteiger partial charge in [-0.25, -0.2) is 4.98 Å². The minimum Gasteiger partial charge on any atom is -0.399 e. The average Bonchev–Trinajstić information content (AvgIpc) is 2.53. The number of hydrogen-bond acceptors (Lipinski definition) is 2. The first-order valence-corrected chi connectivity index (χ1v) is 4.20. The molecule has 4 heteroatoms. The lowest BCUT2D eigenvalue weighted by Crippen LogP contribution is -1.83. The summed E-state index contributed by atoms with van der Waals surface area (Å²) in [5, 5.41) is 0.395. The van der Waals surface area contributed by atoms with Gasteiger partial charge in [0.25, 0.3) is 0 Å². The number of nitrogens with one attached hydrogen (secondary N) is 1. The lowest BCUT2D eigenvalue weighted by Gasteiger charge is -1.95. The summed E-state index contributed by atoms with van der Waals surface area (Å²) in [6, 6.07) is 7.47. The molecule has 0 fully saturated rings. The van der Waals surface area contributed by atoms with Crippen molar-refractivity contribution >= 4 is 17.3 Å². The Bertz CT molecular complexity index is 405. The van der Waals surface area contributed by atoms with Gasteiger partial charge < -0.3 is 10.7 Å². The van der Waals surface area contributed by atoms with E-state index in [1.807, 2.05) is 24.3 Å². The highest BCUT2D eigenvalue weighted by Crippen LogP contribution is 2.19. The molecule has 0 unspecified atom stereocenters. The van der Waals surface area contributed by atoms with Crippen molar-refractivity contribution in [3.63, 3.8) is 0 Å². The molecule has 0 bridgehead atoms. The maximum Gasteiger partial charge on any atom is 0.200 e. The van der Waals surface area contributed by atoms with E-state index >= 15 is 0 Å². The number of rotatable bonds is 1. The van der Waals surface area contributed by atoms with Crippen LogP contribution >= 0.6 is 11.6 Å². The Morgan fingerprint density at radius 3 is 2.46 bits per heavy atom. The van der Waals surface area contributed by atoms with Gasteiger partial charge >= 0.3 is 0 Å². The second kappa shape index (κ2) is 3.11. The Labute approximate surface area is 80.6 Å². The monoisotopic (exact) mass is 193 g/mol. The first kappa shape index (κ1) is 8.13. The molecule has 1 aromatic heterocycles. The quantitative estimate of drug-likeness (QED) is 0.683. The first-order valence-electron chi connectivity index (χ1n) is 3.82. The fraction of sp³-hybridized carbons (Fsp3) is 0. The summed E-state index contributed by atoms with van der Waals surface area (Å²) in [5.41, 5.74) is 8.12. The van der Waals surface area contributed by atoms with E-state index in [0.717, 1.165) is 16.9 Å². The minimum absolute atomic E-state index is 0.395. The fourth-order valence-corrected chi connectivity index (χ4v) is 1.25. The Morgan fingerprint density at radius 2 is 1.92 bits per heavy atom. The number of benzene rings is 1. The zero-order chi connectivity index (χ0) is 9.26. The average molecular weight is 194 g/mol. The molecule has 1 aromatic carbocycles. The maximum absolute atomic E-state index is 5.65. The number of hydrogen-bond donors (Lipinski definition) is 2. The summed E-state index contributed by atoms with van der Waals surface area (Å²) in [6.45, 7) is 0. The molecule has 1 heterocycles. The van der Waals surface area contributed by atoms with Crippen molar-refractivity contribution in [3.05, 3.63) is 35.7 Å². The van der Waals surface area contributed by atoms with Crippen LogP contribution in [0.5, 0.6) is 0 Å². The van der Waals surface area contributed by atoms with Crippen LogP contribution < -0.4 is 5.73 Å². The van der Waals surface area contributed by atoms with Gasteiger partial charge in [0.2, 0.25) is 5.28 Å². The zero-order valence-electron chi connectivity index (χ0n) is 6.79. The highest BCUT2D eigenvalue weighted by Gasteiger charge is 2.00. The van der Waals surface area contributed by atoms with Crippen molar-refractivity contribution in [1.29, 1.82) is 0 Å². The third-order valence-corrected chi connectivity index (χ3v) is 1.95. The van der Waals surface area contributed by atoms with Gasteiger partial charge in [-0.2, -0.15) is 0 Å². The molecular formula is C9H8ClN3. The van der Waals surface area contributed by atoms with Crippen molar-refractivity contribution < 1.29 is 0 Å². The van der Waals surface area contributed by atoms with Crippen LogP contribution in [0.15, 0.2) is 30.5 Å². The van der Waals surface area contributed by atoms with E-state index in [9.17, 15) is 0 Å². The molecule has 3 N–H and O–H groups in total. The predicted molar refractivity (Wildman–Crippen MR) is 53.4 cm³/mol. The highest BCUT2D eigenvalue weighted by molar-refractivity contribution is 6.28. The van der Waals surface area contributed by atoms with Gasteiger partial charge in [0.15, 0.2) is 0 Å². The van der Waals surface area contributed by atoms with E-state index in [0.29, 0.717) is 5.28 Å². The van der Waals surface area contributed by atoms with Gasteiger partial charge in [-0.1, -0.05) is 12.1 Å². The van der Waals surface area contributed by atoms with Gasteiger partial charge in [0, 0.05) is 17.4 Å². The molecular weight excluding hydrogens is 186 g/mol. The molecule has 2 aromatic rings. The SMILES string of the molecule is Nc1ccc(-c2c[nH]c(Cl)n2)cc1. The van der Waals surface area contributed by atoms with Crippen LogP contribution in [-0.4, -0.2) is 9.97 Å². The van der Waals surface area contributed by atoms with Gasteiger partial charge in [0.1, 0.15) is 0 Å². The molecule has 0 amide bonds. The van der Waals surface area contributed by atoms with Crippen molar-refractivity contribution in [2.45, 2.75) is 0 Å². The molecule has 3 nitrogen and oxygen atoms in total. The van der Waals surface area contributed by atoms with Crippen molar-refractivity contribution in [3.8, 4) is 11.3 Å². The molecule has 0 spiro atoms. The van der Waals surface area contributed by atoms with Crippen molar-refractivity contribution in [1.82, 2.24) is 9.97 Å². The summed E-state index contributed by atoms with van der Waals surface area (Å²) in [5.74, 6) is 0. The van der Waals surface area contributed by atoms with Crippen molar-refractivity contribution in [2.75, 3.05) is 5.73 Å². The van der Waals surface area contributed by atoms with E-state index in [2.05, 4.69) is 9.97 Å². The van der Waals surface area contributed by atoms with Gasteiger partial charge in [-0.3, -0.25) is 0 Å². The molecule has 0 aliphatic rings. The summed E-state index contributed by atoms with van der Waals surface area (Å²) in [7, 11) is 0. The molecule has 13 heavy (non-hydrogen) atoms. The highest BCUT2D eigenvalue weighted by atomic mass is 35.5. The summed E-state index contributed by atoms with van der Waals surface area (Å²) in [4.78, 5) is 6.88. The Morgan fingerprint density at radius 1 is 1.23 bits per heavy atom. The number of aromatic amines is 1. The normalized spacial score (nSPS) is 10.2. The largest absolute Gasteiger partial charge is 0.399 e. The Hall–Kier alpha value is -1.48. The van der Waals surface area contributed by atoms with Crippen LogP contribution in [0.1, 0.15) is 0 Å². The third-order valence-electron chi connectivity index (χ3n) is 1.75. The number of nitrogen functional groups attached to an aromatic ring is 1. The molecule has 66 valence electrons. The number of imidazole rings is 1. The Kier molecular flexibility index (Phi) is 1.94. The Balaban J connectivity index is 2.41. The molecule has 0 saturated carbocycles. The molecule has 0 saturated heterocycles. The second-order valence-corrected chi connectivity index (χ2v) is 3.06. The number of nitrogens with two attached hydrogens (primary N) is 1. The van der Waals surface area contributed by atoms with Crippen LogP contribution in [0, 0.1) is 0 Å². The lowest BCUT2D eigenvalue weighted by atomic mass is 10.1. The smallest absolute Gasteiger partial charge is 0.200 e. The van der Waals surface area contributed by atoms with Gasteiger partial charge in [-0.15, -0.1) is 0 Å². The van der Waals surface area contributed by atoms with E-state index in [4.69, 9.17) is 17.3 Å². The third kappa shape index (κ3) is 1.65. The predicted octanol–water partition coefficient (Wildman–Crippen LogP) is 2.31. The zero-order valence-corrected chi connectivity index (χ0v) is 7.55. The summed E-state index contributed by atoms with van der Waals surface area (Å²) < 4.78 is 0. The van der Waals surface area contributed by atoms with E-state index in [-0.39, 0.29) is 0 Å². The number of aromatic nitrogens is 2. The van der Waals surface area contributed by atoms with E-state index in [1.54, 1.807) is 6.20 Å². The maximum atomic E-state index is 5.65. The molecule has 0 aliphatic heterocycles. The molecule has 0 radical (unpaired) electrons. The summed E-state index contributed by atoms with van der Waals surface area (Å²) in [6.07, 6.45) is 1.76. The first-order chi connectivity index (χ1) is 6.25. The van der Waals surface area contributed by atoms with Crippen molar-refractivity contribution in [2.24, 2.45) is 0 Å². The molecule has 0 atom stereocenters. The van der Waals surface area contributed by atoms with Crippen LogP contribution in [-0.2, 0) is 0 Å². The number of anilines is 1. The standard InChI is InChI=1S/C9H8ClN3/c10-9-12-5-8(13-9)6-1-3-7(11)4-2-6/h1-5H,11H2,(H,12,13). The number of halogens is 1. The van der Waals surface area contributed by atoms with Crippen LogP contribution in [0.25, 0.3) is 11.3 Å². The topological polar surface area (TPSA) is 54.7 Å². The lowest BCUT2D eigenvalue weighted by molar-refractivity contribution is 1.31. The fourth-order valence-electron chi connectivity index (χ4n) is 1.10. The van der Waals surface area contributed by atoms with Crippen LogP contribution in [0.3, 0.4) is 0 Å². The minimum atomic E-state index is 0.395. The van der Waals surface area contributed by atoms with E-state index in [1.165, 1.54) is 0 Å². The molecule has 0 aliphatic carbocycles. The van der Waals surface area contributed by atoms with Gasteiger partial charge in [-0.05, 0) is 23.7 Å². The van der Waals surface area contributed by atoms with E-state index < -0.39 is 0 Å².